The maximum absolute atomic E-state index is 11.3. The van der Waals surface area contributed by atoms with Crippen molar-refractivity contribution in [3.63, 3.8) is 0 Å². The van der Waals surface area contributed by atoms with Crippen LogP contribution < -0.4 is 11.1 Å². The van der Waals surface area contributed by atoms with Crippen molar-refractivity contribution < 1.29 is 4.79 Å². The Bertz CT molecular complexity index is 272. The molecule has 1 rings (SSSR count). The predicted octanol–water partition coefficient (Wildman–Crippen LogP) is 1.14. The molecule has 3 nitrogen and oxygen atoms in total. The van der Waals surface area contributed by atoms with E-state index in [0.717, 1.165) is 6.42 Å². The average Bonchev–Trinajstić information content (AvgIpc) is 2.69. The van der Waals surface area contributed by atoms with Crippen LogP contribution in [0.4, 0.5) is 0 Å². The van der Waals surface area contributed by atoms with E-state index in [9.17, 15) is 4.79 Å². The lowest BCUT2D eigenvalue weighted by Crippen LogP contribution is -2.40. The van der Waals surface area contributed by atoms with Gasteiger partial charge in [-0.15, -0.1) is 0 Å². The highest BCUT2D eigenvalue weighted by molar-refractivity contribution is 7.07. The van der Waals surface area contributed by atoms with E-state index in [2.05, 4.69) is 16.8 Å². The lowest BCUT2D eigenvalue weighted by molar-refractivity contribution is -0.122. The molecule has 4 heteroatoms. The highest BCUT2D eigenvalue weighted by atomic mass is 32.1. The van der Waals surface area contributed by atoms with Gasteiger partial charge in [-0.25, -0.2) is 0 Å². The van der Waals surface area contributed by atoms with Gasteiger partial charge in [0.05, 0.1) is 6.04 Å². The number of hydrogen-bond donors (Lipinski definition) is 2. The zero-order chi connectivity index (χ0) is 10.4. The van der Waals surface area contributed by atoms with E-state index in [0.29, 0.717) is 13.0 Å². The second-order valence-corrected chi connectivity index (χ2v) is 3.97. The molecular formula is C10H16N2OS. The minimum Gasteiger partial charge on any atom is -0.354 e. The fourth-order valence-electron chi connectivity index (χ4n) is 1.08. The van der Waals surface area contributed by atoms with E-state index >= 15 is 0 Å². The molecule has 0 aliphatic carbocycles. The normalized spacial score (nSPS) is 12.4. The summed E-state index contributed by atoms with van der Waals surface area (Å²) < 4.78 is 0. The van der Waals surface area contributed by atoms with Gasteiger partial charge in [0.2, 0.25) is 5.91 Å². The van der Waals surface area contributed by atoms with E-state index < -0.39 is 0 Å². The second kappa shape index (κ2) is 5.78. The molecule has 0 radical (unpaired) electrons. The number of nitrogens with two attached hydrogens (primary N) is 1. The van der Waals surface area contributed by atoms with E-state index in [1.807, 2.05) is 12.3 Å². The summed E-state index contributed by atoms with van der Waals surface area (Å²) in [5.41, 5.74) is 6.83. The third-order valence-electron chi connectivity index (χ3n) is 2.07. The van der Waals surface area contributed by atoms with Crippen molar-refractivity contribution in [2.75, 3.05) is 6.54 Å². The van der Waals surface area contributed by atoms with Crippen molar-refractivity contribution in [3.05, 3.63) is 22.4 Å². The van der Waals surface area contributed by atoms with Crippen LogP contribution in [0, 0.1) is 0 Å². The molecule has 1 unspecified atom stereocenters. The summed E-state index contributed by atoms with van der Waals surface area (Å²) in [5.74, 6) is -0.0530. The first-order chi connectivity index (χ1) is 6.74. The van der Waals surface area contributed by atoms with Crippen molar-refractivity contribution in [3.8, 4) is 0 Å². The van der Waals surface area contributed by atoms with Gasteiger partial charge in [0, 0.05) is 6.54 Å². The second-order valence-electron chi connectivity index (χ2n) is 3.19. The van der Waals surface area contributed by atoms with Crippen LogP contribution in [0.15, 0.2) is 16.8 Å². The number of amides is 1. The Hall–Kier alpha value is -0.870. The molecule has 1 aromatic rings. The average molecular weight is 212 g/mol. The summed E-state index contributed by atoms with van der Waals surface area (Å²) >= 11 is 1.67. The molecule has 0 saturated carbocycles. The summed E-state index contributed by atoms with van der Waals surface area (Å²) in [7, 11) is 0. The van der Waals surface area contributed by atoms with Crippen molar-refractivity contribution >= 4 is 17.2 Å². The fourth-order valence-corrected chi connectivity index (χ4v) is 1.78. The lowest BCUT2D eigenvalue weighted by Gasteiger charge is -2.09. The standard InChI is InChI=1S/C10H16N2OS/c1-2-9(11)10(13)12-5-3-8-4-6-14-7-8/h4,6-7,9H,2-3,5,11H2,1H3,(H,12,13). The Morgan fingerprint density at radius 1 is 1.71 bits per heavy atom. The van der Waals surface area contributed by atoms with Crippen LogP contribution in [0.2, 0.25) is 0 Å². The van der Waals surface area contributed by atoms with E-state index in [-0.39, 0.29) is 11.9 Å². The van der Waals surface area contributed by atoms with Crippen LogP contribution in [0.25, 0.3) is 0 Å². The van der Waals surface area contributed by atoms with Gasteiger partial charge in [0.15, 0.2) is 0 Å². The number of thiophene rings is 1. The highest BCUT2D eigenvalue weighted by Crippen LogP contribution is 2.05. The largest absolute Gasteiger partial charge is 0.354 e. The molecule has 78 valence electrons. The van der Waals surface area contributed by atoms with E-state index in [4.69, 9.17) is 5.73 Å². The van der Waals surface area contributed by atoms with Crippen molar-refractivity contribution in [1.29, 1.82) is 0 Å². The van der Waals surface area contributed by atoms with Crippen molar-refractivity contribution in [2.45, 2.75) is 25.8 Å². The molecule has 1 amide bonds. The molecule has 0 spiro atoms. The van der Waals surface area contributed by atoms with Crippen LogP contribution in [0.3, 0.4) is 0 Å². The Morgan fingerprint density at radius 3 is 3.07 bits per heavy atom. The third kappa shape index (κ3) is 3.47. The molecule has 0 bridgehead atoms. The Balaban J connectivity index is 2.18. The summed E-state index contributed by atoms with van der Waals surface area (Å²) in [6, 6.07) is 1.70. The van der Waals surface area contributed by atoms with Gasteiger partial charge in [-0.05, 0) is 35.2 Å². The molecule has 0 aliphatic rings. The van der Waals surface area contributed by atoms with Gasteiger partial charge >= 0.3 is 0 Å². The number of carbonyl (C=O) groups excluding carboxylic acids is 1. The third-order valence-corrected chi connectivity index (χ3v) is 2.80. The number of nitrogens with one attached hydrogen (secondary N) is 1. The van der Waals surface area contributed by atoms with Crippen LogP contribution in [0.1, 0.15) is 18.9 Å². The van der Waals surface area contributed by atoms with Gasteiger partial charge in [-0.1, -0.05) is 6.92 Å². The van der Waals surface area contributed by atoms with E-state index in [1.54, 1.807) is 11.3 Å². The molecular weight excluding hydrogens is 196 g/mol. The van der Waals surface area contributed by atoms with E-state index in [1.165, 1.54) is 5.56 Å². The first kappa shape index (κ1) is 11.2. The highest BCUT2D eigenvalue weighted by Gasteiger charge is 2.09. The van der Waals surface area contributed by atoms with Crippen LogP contribution >= 0.6 is 11.3 Å². The Labute approximate surface area is 88.3 Å². The lowest BCUT2D eigenvalue weighted by atomic mass is 10.2. The summed E-state index contributed by atoms with van der Waals surface area (Å²) in [6.45, 7) is 2.58. The summed E-state index contributed by atoms with van der Waals surface area (Å²) in [5, 5.41) is 6.94. The van der Waals surface area contributed by atoms with Gasteiger partial charge < -0.3 is 11.1 Å². The van der Waals surface area contributed by atoms with Gasteiger partial charge in [0.1, 0.15) is 0 Å². The quantitative estimate of drug-likeness (QED) is 0.769. The Morgan fingerprint density at radius 2 is 2.50 bits per heavy atom. The molecule has 3 N–H and O–H groups in total. The number of carbonyl (C=O) groups is 1. The molecule has 1 aromatic heterocycles. The molecule has 0 saturated heterocycles. The fraction of sp³-hybridized carbons (Fsp3) is 0.500. The molecule has 0 aromatic carbocycles. The zero-order valence-electron chi connectivity index (χ0n) is 8.32. The predicted molar refractivity (Wildman–Crippen MR) is 59.3 cm³/mol. The van der Waals surface area contributed by atoms with Gasteiger partial charge in [0.25, 0.3) is 0 Å². The minimum absolute atomic E-state index is 0.0530. The molecule has 14 heavy (non-hydrogen) atoms. The minimum atomic E-state index is -0.363. The number of rotatable bonds is 5. The van der Waals surface area contributed by atoms with Crippen LogP contribution in [-0.2, 0) is 11.2 Å². The molecule has 1 heterocycles. The monoisotopic (exact) mass is 212 g/mol. The van der Waals surface area contributed by atoms with Crippen LogP contribution in [0.5, 0.6) is 0 Å². The first-order valence-corrected chi connectivity index (χ1v) is 5.72. The molecule has 1 atom stereocenters. The van der Waals surface area contributed by atoms with Gasteiger partial charge in [-0.3, -0.25) is 4.79 Å². The number of hydrogen-bond acceptors (Lipinski definition) is 3. The summed E-state index contributed by atoms with van der Waals surface area (Å²) in [4.78, 5) is 11.3. The summed E-state index contributed by atoms with van der Waals surface area (Å²) in [6.07, 6.45) is 1.57. The first-order valence-electron chi connectivity index (χ1n) is 4.78. The topological polar surface area (TPSA) is 55.1 Å². The molecule has 0 aliphatic heterocycles. The Kier molecular flexibility index (Phi) is 4.62. The van der Waals surface area contributed by atoms with Crippen LogP contribution in [-0.4, -0.2) is 18.5 Å². The molecule has 0 fully saturated rings. The maximum atomic E-state index is 11.3. The SMILES string of the molecule is CCC(N)C(=O)NCCc1ccsc1. The van der Waals surface area contributed by atoms with Crippen molar-refractivity contribution in [1.82, 2.24) is 5.32 Å². The van der Waals surface area contributed by atoms with Gasteiger partial charge in [-0.2, -0.15) is 11.3 Å². The maximum Gasteiger partial charge on any atom is 0.236 e. The smallest absolute Gasteiger partial charge is 0.236 e. The van der Waals surface area contributed by atoms with Crippen molar-refractivity contribution in [2.24, 2.45) is 5.73 Å². The zero-order valence-corrected chi connectivity index (χ0v) is 9.14.